The predicted molar refractivity (Wildman–Crippen MR) is 112 cm³/mol. The zero-order valence-corrected chi connectivity index (χ0v) is 16.8. The molecule has 0 unspecified atom stereocenters. The molecule has 3 rings (SSSR count). The lowest BCUT2D eigenvalue weighted by Gasteiger charge is -2.18. The van der Waals surface area contributed by atoms with Crippen molar-refractivity contribution in [2.75, 3.05) is 13.7 Å². The van der Waals surface area contributed by atoms with Gasteiger partial charge in [0.2, 0.25) is 5.88 Å². The van der Waals surface area contributed by atoms with Crippen LogP contribution in [-0.2, 0) is 6.54 Å². The number of guanidine groups is 1. The van der Waals surface area contributed by atoms with Crippen LogP contribution in [0.3, 0.4) is 0 Å². The third kappa shape index (κ3) is 5.62. The highest BCUT2D eigenvalue weighted by Crippen LogP contribution is 2.31. The molecule has 1 aliphatic carbocycles. The van der Waals surface area contributed by atoms with E-state index in [-0.39, 0.29) is 0 Å². The minimum Gasteiger partial charge on any atom is -0.490 e. The predicted octanol–water partition coefficient (Wildman–Crippen LogP) is 4.27. The topological polar surface area (TPSA) is 67.8 Å². The second-order valence-corrected chi connectivity index (χ2v) is 6.92. The number of ether oxygens (including phenoxy) is 2. The zero-order valence-electron chi connectivity index (χ0n) is 16.8. The molecule has 1 aliphatic rings. The van der Waals surface area contributed by atoms with E-state index in [4.69, 9.17) is 9.47 Å². The normalized spacial score (nSPS) is 14.7. The molecule has 1 aromatic heterocycles. The number of para-hydroxylation sites is 2. The Morgan fingerprint density at radius 3 is 2.68 bits per heavy atom. The molecule has 150 valence electrons. The Balaban J connectivity index is 1.66. The molecule has 1 fully saturated rings. The summed E-state index contributed by atoms with van der Waals surface area (Å²) >= 11 is 0. The quantitative estimate of drug-likeness (QED) is 0.527. The summed E-state index contributed by atoms with van der Waals surface area (Å²) in [6, 6.07) is 12.1. The van der Waals surface area contributed by atoms with Crippen molar-refractivity contribution in [2.45, 2.75) is 51.6 Å². The van der Waals surface area contributed by atoms with Crippen molar-refractivity contribution in [2.24, 2.45) is 4.99 Å². The molecule has 0 aliphatic heterocycles. The van der Waals surface area contributed by atoms with Crippen molar-refractivity contribution in [1.29, 1.82) is 0 Å². The van der Waals surface area contributed by atoms with E-state index in [1.54, 1.807) is 13.2 Å². The van der Waals surface area contributed by atoms with Gasteiger partial charge < -0.3 is 20.1 Å². The smallest absolute Gasteiger partial charge is 0.224 e. The van der Waals surface area contributed by atoms with Crippen LogP contribution in [0, 0.1) is 0 Å². The maximum Gasteiger partial charge on any atom is 0.224 e. The Morgan fingerprint density at radius 1 is 1.14 bits per heavy atom. The Bertz CT molecular complexity index is 773. The van der Waals surface area contributed by atoms with Crippen LogP contribution in [-0.4, -0.2) is 30.6 Å². The number of aromatic nitrogens is 1. The van der Waals surface area contributed by atoms with E-state index in [2.05, 4.69) is 27.5 Å². The molecule has 0 saturated heterocycles. The lowest BCUT2D eigenvalue weighted by atomic mass is 10.2. The van der Waals surface area contributed by atoms with Crippen molar-refractivity contribution in [1.82, 2.24) is 15.6 Å². The maximum absolute atomic E-state index is 6.10. The zero-order chi connectivity index (χ0) is 19.6. The largest absolute Gasteiger partial charge is 0.490 e. The molecule has 0 atom stereocenters. The van der Waals surface area contributed by atoms with Crippen LogP contribution in [0.15, 0.2) is 47.6 Å². The number of nitrogens with zero attached hydrogens (tertiary/aromatic N) is 2. The fourth-order valence-electron chi connectivity index (χ4n) is 3.26. The van der Waals surface area contributed by atoms with Crippen LogP contribution in [0.4, 0.5) is 0 Å². The number of aliphatic imine (C=N–C) groups is 1. The van der Waals surface area contributed by atoms with Crippen molar-refractivity contribution in [3.05, 3.63) is 48.2 Å². The van der Waals surface area contributed by atoms with Gasteiger partial charge in [-0.2, -0.15) is 0 Å². The van der Waals surface area contributed by atoms with Gasteiger partial charge in [0, 0.05) is 31.4 Å². The molecule has 0 amide bonds. The third-order valence-corrected chi connectivity index (χ3v) is 4.73. The number of rotatable bonds is 8. The van der Waals surface area contributed by atoms with Crippen molar-refractivity contribution in [3.63, 3.8) is 0 Å². The third-order valence-electron chi connectivity index (χ3n) is 4.73. The first kappa shape index (κ1) is 20.0. The highest BCUT2D eigenvalue weighted by molar-refractivity contribution is 5.80. The molecule has 2 aromatic rings. The number of nitrogens with one attached hydrogen (secondary N) is 2. The first-order chi connectivity index (χ1) is 13.8. The van der Waals surface area contributed by atoms with E-state index in [9.17, 15) is 0 Å². The SMILES string of the molecule is CCCOc1ccccc1Oc1ncccc1CNC(=NC)NC1CCCC1. The highest BCUT2D eigenvalue weighted by Gasteiger charge is 2.16. The Hall–Kier alpha value is -2.76. The van der Waals surface area contributed by atoms with E-state index in [0.717, 1.165) is 23.7 Å². The van der Waals surface area contributed by atoms with Crippen LogP contribution < -0.4 is 20.1 Å². The van der Waals surface area contributed by atoms with Gasteiger partial charge in [-0.25, -0.2) is 4.98 Å². The number of hydrogen-bond donors (Lipinski definition) is 2. The molecule has 1 saturated carbocycles. The van der Waals surface area contributed by atoms with Gasteiger partial charge in [0.15, 0.2) is 17.5 Å². The van der Waals surface area contributed by atoms with Crippen molar-refractivity contribution in [3.8, 4) is 17.4 Å². The van der Waals surface area contributed by atoms with Crippen LogP contribution in [0.5, 0.6) is 17.4 Å². The summed E-state index contributed by atoms with van der Waals surface area (Å²) in [5.74, 6) is 2.78. The highest BCUT2D eigenvalue weighted by atomic mass is 16.5. The molecule has 6 heteroatoms. The maximum atomic E-state index is 6.10. The monoisotopic (exact) mass is 382 g/mol. The molecule has 1 heterocycles. The average molecular weight is 383 g/mol. The average Bonchev–Trinajstić information content (AvgIpc) is 3.24. The van der Waals surface area contributed by atoms with Gasteiger partial charge in [0.05, 0.1) is 6.61 Å². The summed E-state index contributed by atoms with van der Waals surface area (Å²) < 4.78 is 11.9. The van der Waals surface area contributed by atoms with Crippen LogP contribution in [0.25, 0.3) is 0 Å². The van der Waals surface area contributed by atoms with Crippen molar-refractivity contribution < 1.29 is 9.47 Å². The molecule has 0 spiro atoms. The van der Waals surface area contributed by atoms with E-state index in [1.807, 2.05) is 36.4 Å². The van der Waals surface area contributed by atoms with Gasteiger partial charge in [0.25, 0.3) is 0 Å². The minimum atomic E-state index is 0.512. The number of hydrogen-bond acceptors (Lipinski definition) is 4. The molecule has 6 nitrogen and oxygen atoms in total. The lowest BCUT2D eigenvalue weighted by molar-refractivity contribution is 0.300. The Labute approximate surface area is 167 Å². The molecule has 28 heavy (non-hydrogen) atoms. The first-order valence-corrected chi connectivity index (χ1v) is 10.1. The van der Waals surface area contributed by atoms with Crippen LogP contribution in [0.2, 0.25) is 0 Å². The molecule has 0 bridgehead atoms. The second kappa shape index (κ2) is 10.5. The van der Waals surface area contributed by atoms with Crippen LogP contribution in [0.1, 0.15) is 44.6 Å². The van der Waals surface area contributed by atoms with Gasteiger partial charge in [0.1, 0.15) is 0 Å². The van der Waals surface area contributed by atoms with E-state index in [1.165, 1.54) is 25.7 Å². The fraction of sp³-hybridized carbons (Fsp3) is 0.455. The van der Waals surface area contributed by atoms with Gasteiger partial charge in [-0.1, -0.05) is 38.0 Å². The van der Waals surface area contributed by atoms with Gasteiger partial charge in [-0.15, -0.1) is 0 Å². The molecule has 0 radical (unpaired) electrons. The fourth-order valence-corrected chi connectivity index (χ4v) is 3.26. The van der Waals surface area contributed by atoms with Gasteiger partial charge >= 0.3 is 0 Å². The van der Waals surface area contributed by atoms with E-state index >= 15 is 0 Å². The summed E-state index contributed by atoms with van der Waals surface area (Å²) in [6.45, 7) is 3.31. The van der Waals surface area contributed by atoms with E-state index < -0.39 is 0 Å². The molecular weight excluding hydrogens is 352 g/mol. The lowest BCUT2D eigenvalue weighted by Crippen LogP contribution is -2.42. The second-order valence-electron chi connectivity index (χ2n) is 6.92. The van der Waals surface area contributed by atoms with Gasteiger partial charge in [-0.05, 0) is 37.5 Å². The van der Waals surface area contributed by atoms with Gasteiger partial charge in [-0.3, -0.25) is 4.99 Å². The molecule has 2 N–H and O–H groups in total. The van der Waals surface area contributed by atoms with E-state index in [0.29, 0.717) is 30.8 Å². The Kier molecular flexibility index (Phi) is 7.53. The molecule has 1 aromatic carbocycles. The summed E-state index contributed by atoms with van der Waals surface area (Å²) in [4.78, 5) is 8.77. The Morgan fingerprint density at radius 2 is 1.93 bits per heavy atom. The summed E-state index contributed by atoms with van der Waals surface area (Å²) in [5.41, 5.74) is 0.960. The van der Waals surface area contributed by atoms with Crippen LogP contribution >= 0.6 is 0 Å². The summed E-state index contributed by atoms with van der Waals surface area (Å²) in [5, 5.41) is 6.87. The number of pyridine rings is 1. The standard InChI is InChI=1S/C22H30N4O2/c1-3-15-27-19-12-6-7-13-20(19)28-21-17(9-8-14-24-21)16-25-22(23-2)26-18-10-4-5-11-18/h6-9,12-14,18H,3-5,10-11,15-16H2,1-2H3,(H2,23,25,26). The summed E-state index contributed by atoms with van der Waals surface area (Å²) in [7, 11) is 1.80. The first-order valence-electron chi connectivity index (χ1n) is 10.1. The molecular formula is C22H30N4O2. The number of benzene rings is 1. The summed E-state index contributed by atoms with van der Waals surface area (Å²) in [6.07, 6.45) is 7.66. The minimum absolute atomic E-state index is 0.512. The van der Waals surface area contributed by atoms with Crippen molar-refractivity contribution >= 4 is 5.96 Å².